The number of para-hydroxylation sites is 1. The van der Waals surface area contributed by atoms with Crippen LogP contribution in [0.3, 0.4) is 0 Å². The standard InChI is InChI=1S/C43H27N5S/c1-4-12-29(13-5-1)40-46-41(30-14-6-2-7-15-30)48-42(47-40)35-25-33(24-34(26-35)36-20-10-18-28-19-11-23-44-39(28)36)32-21-22-38-37(27-32)45-43(49-38)31-16-8-3-9-17-31/h1-27H. The molecule has 9 rings (SSSR count). The van der Waals surface area contributed by atoms with Gasteiger partial charge in [-0.05, 0) is 53.1 Å². The van der Waals surface area contributed by atoms with Crippen molar-refractivity contribution in [2.45, 2.75) is 0 Å². The van der Waals surface area contributed by atoms with E-state index in [0.717, 1.165) is 70.6 Å². The second-order valence-corrected chi connectivity index (χ2v) is 12.8. The van der Waals surface area contributed by atoms with Crippen molar-refractivity contribution < 1.29 is 0 Å². The van der Waals surface area contributed by atoms with E-state index in [1.54, 1.807) is 11.3 Å². The van der Waals surface area contributed by atoms with Gasteiger partial charge >= 0.3 is 0 Å². The SMILES string of the molecule is c1ccc(-c2nc(-c3ccccc3)nc(-c3cc(-c4ccc5sc(-c6ccccc6)nc5c4)cc(-c4cccc5cccnc45)c3)n2)cc1. The van der Waals surface area contributed by atoms with E-state index in [1.807, 2.05) is 79.0 Å². The lowest BCUT2D eigenvalue weighted by atomic mass is 9.94. The van der Waals surface area contributed by atoms with Gasteiger partial charge < -0.3 is 0 Å². The fourth-order valence-corrected chi connectivity index (χ4v) is 7.12. The van der Waals surface area contributed by atoms with Crippen LogP contribution in [0.25, 0.3) is 88.1 Å². The van der Waals surface area contributed by atoms with Crippen molar-refractivity contribution in [3.8, 4) is 67.0 Å². The Morgan fingerprint density at radius 1 is 0.388 bits per heavy atom. The van der Waals surface area contributed by atoms with Gasteiger partial charge in [0.2, 0.25) is 0 Å². The molecule has 6 aromatic carbocycles. The Balaban J connectivity index is 1.26. The normalized spacial score (nSPS) is 11.3. The number of aromatic nitrogens is 5. The predicted octanol–water partition coefficient (Wildman–Crippen LogP) is 11.0. The number of thiazole rings is 1. The van der Waals surface area contributed by atoms with Crippen LogP contribution in [0, 0.1) is 0 Å². The quantitative estimate of drug-likeness (QED) is 0.180. The highest BCUT2D eigenvalue weighted by Gasteiger charge is 2.16. The van der Waals surface area contributed by atoms with Gasteiger partial charge in [0, 0.05) is 39.4 Å². The third-order valence-corrected chi connectivity index (χ3v) is 9.66. The van der Waals surface area contributed by atoms with Crippen LogP contribution in [0.1, 0.15) is 0 Å². The first kappa shape index (κ1) is 28.8. The van der Waals surface area contributed by atoms with Crippen LogP contribution < -0.4 is 0 Å². The molecule has 0 atom stereocenters. The Morgan fingerprint density at radius 3 is 1.67 bits per heavy atom. The second kappa shape index (κ2) is 12.3. The Morgan fingerprint density at radius 2 is 0.980 bits per heavy atom. The second-order valence-electron chi connectivity index (χ2n) is 11.8. The smallest absolute Gasteiger partial charge is 0.164 e. The van der Waals surface area contributed by atoms with Crippen molar-refractivity contribution in [3.63, 3.8) is 0 Å². The number of rotatable bonds is 6. The number of hydrogen-bond acceptors (Lipinski definition) is 6. The van der Waals surface area contributed by atoms with E-state index in [9.17, 15) is 0 Å². The van der Waals surface area contributed by atoms with E-state index < -0.39 is 0 Å². The third kappa shape index (κ3) is 5.64. The average molecular weight is 646 g/mol. The highest BCUT2D eigenvalue weighted by molar-refractivity contribution is 7.21. The van der Waals surface area contributed by atoms with Crippen molar-refractivity contribution in [3.05, 3.63) is 164 Å². The third-order valence-electron chi connectivity index (χ3n) is 8.58. The largest absolute Gasteiger partial charge is 0.256 e. The van der Waals surface area contributed by atoms with Gasteiger partial charge in [-0.25, -0.2) is 19.9 Å². The van der Waals surface area contributed by atoms with Crippen LogP contribution in [-0.2, 0) is 0 Å². The molecular formula is C43H27N5S. The summed E-state index contributed by atoms with van der Waals surface area (Å²) in [5.74, 6) is 1.85. The highest BCUT2D eigenvalue weighted by atomic mass is 32.1. The predicted molar refractivity (Wildman–Crippen MR) is 201 cm³/mol. The molecule has 0 spiro atoms. The molecule has 0 radical (unpaired) electrons. The molecule has 0 aliphatic rings. The average Bonchev–Trinajstić information content (AvgIpc) is 3.62. The van der Waals surface area contributed by atoms with Crippen molar-refractivity contribution in [1.82, 2.24) is 24.9 Å². The zero-order chi connectivity index (χ0) is 32.6. The van der Waals surface area contributed by atoms with E-state index in [4.69, 9.17) is 24.9 Å². The highest BCUT2D eigenvalue weighted by Crippen LogP contribution is 2.38. The molecule has 230 valence electrons. The number of nitrogens with zero attached hydrogens (tertiary/aromatic N) is 5. The first-order valence-electron chi connectivity index (χ1n) is 16.1. The van der Waals surface area contributed by atoms with Crippen LogP contribution in [0.15, 0.2) is 164 Å². The van der Waals surface area contributed by atoms with Gasteiger partial charge in [-0.3, -0.25) is 4.98 Å². The molecule has 0 amide bonds. The van der Waals surface area contributed by atoms with E-state index in [-0.39, 0.29) is 0 Å². The molecule has 3 aromatic heterocycles. The Kier molecular flexibility index (Phi) is 7.26. The lowest BCUT2D eigenvalue weighted by Gasteiger charge is -2.13. The molecule has 0 N–H and O–H groups in total. The van der Waals surface area contributed by atoms with Gasteiger partial charge in [0.05, 0.1) is 15.7 Å². The van der Waals surface area contributed by atoms with Gasteiger partial charge in [-0.2, -0.15) is 0 Å². The molecule has 9 aromatic rings. The van der Waals surface area contributed by atoms with Gasteiger partial charge in [-0.15, -0.1) is 11.3 Å². The van der Waals surface area contributed by atoms with Crippen molar-refractivity contribution >= 4 is 32.5 Å². The zero-order valence-electron chi connectivity index (χ0n) is 26.2. The maximum atomic E-state index is 5.07. The van der Waals surface area contributed by atoms with Crippen LogP contribution in [0.2, 0.25) is 0 Å². The van der Waals surface area contributed by atoms with E-state index in [0.29, 0.717) is 17.5 Å². The Labute approximate surface area is 287 Å². The Bertz CT molecular complexity index is 2540. The maximum absolute atomic E-state index is 5.07. The molecule has 6 heteroatoms. The van der Waals surface area contributed by atoms with Crippen molar-refractivity contribution in [1.29, 1.82) is 0 Å². The topological polar surface area (TPSA) is 64.5 Å². The molecule has 0 unspecified atom stereocenters. The van der Waals surface area contributed by atoms with E-state index in [1.165, 1.54) is 0 Å². The summed E-state index contributed by atoms with van der Waals surface area (Å²) in [4.78, 5) is 24.9. The van der Waals surface area contributed by atoms with Crippen LogP contribution in [0.5, 0.6) is 0 Å². The van der Waals surface area contributed by atoms with Crippen LogP contribution in [-0.4, -0.2) is 24.9 Å². The van der Waals surface area contributed by atoms with Gasteiger partial charge in [0.15, 0.2) is 17.5 Å². The molecule has 5 nitrogen and oxygen atoms in total. The summed E-state index contributed by atoms with van der Waals surface area (Å²) >= 11 is 1.71. The van der Waals surface area contributed by atoms with E-state index in [2.05, 4.69) is 84.9 Å². The molecule has 0 saturated carbocycles. The fraction of sp³-hybridized carbons (Fsp3) is 0. The Hall–Kier alpha value is -6.37. The summed E-state index contributed by atoms with van der Waals surface area (Å²) in [6, 6.07) is 54.0. The molecule has 0 aliphatic heterocycles. The monoisotopic (exact) mass is 645 g/mol. The zero-order valence-corrected chi connectivity index (χ0v) is 27.0. The lowest BCUT2D eigenvalue weighted by Crippen LogP contribution is -2.00. The number of benzene rings is 6. The minimum Gasteiger partial charge on any atom is -0.256 e. The fourth-order valence-electron chi connectivity index (χ4n) is 6.16. The van der Waals surface area contributed by atoms with Crippen molar-refractivity contribution in [2.75, 3.05) is 0 Å². The summed E-state index contributed by atoms with van der Waals surface area (Å²) in [5, 5.41) is 2.10. The summed E-state index contributed by atoms with van der Waals surface area (Å²) in [7, 11) is 0. The molecule has 0 bridgehead atoms. The van der Waals surface area contributed by atoms with Gasteiger partial charge in [0.1, 0.15) is 5.01 Å². The van der Waals surface area contributed by atoms with Gasteiger partial charge in [0.25, 0.3) is 0 Å². The molecule has 0 aliphatic carbocycles. The first-order chi connectivity index (χ1) is 24.2. The summed E-state index contributed by atoms with van der Waals surface area (Å²) in [6.07, 6.45) is 1.85. The maximum Gasteiger partial charge on any atom is 0.164 e. The van der Waals surface area contributed by atoms with Crippen LogP contribution in [0.4, 0.5) is 0 Å². The molecule has 3 heterocycles. The summed E-state index contributed by atoms with van der Waals surface area (Å²) in [6.45, 7) is 0. The molecule has 0 fully saturated rings. The number of hydrogen-bond donors (Lipinski definition) is 0. The van der Waals surface area contributed by atoms with Crippen molar-refractivity contribution in [2.24, 2.45) is 0 Å². The first-order valence-corrected chi connectivity index (χ1v) is 16.9. The number of pyridine rings is 1. The van der Waals surface area contributed by atoms with E-state index >= 15 is 0 Å². The number of fused-ring (bicyclic) bond motifs is 2. The molecule has 49 heavy (non-hydrogen) atoms. The van der Waals surface area contributed by atoms with Gasteiger partial charge in [-0.1, -0.05) is 121 Å². The molecule has 0 saturated heterocycles. The summed E-state index contributed by atoms with van der Waals surface area (Å²) < 4.78 is 1.15. The molecular weight excluding hydrogens is 619 g/mol. The lowest BCUT2D eigenvalue weighted by molar-refractivity contribution is 1.07. The van der Waals surface area contributed by atoms with Crippen LogP contribution >= 0.6 is 11.3 Å². The minimum absolute atomic E-state index is 0.602. The minimum atomic E-state index is 0.602. The summed E-state index contributed by atoms with van der Waals surface area (Å²) in [5.41, 5.74) is 9.97.